The number of rotatable bonds is 2. The Balaban J connectivity index is 2.66. The lowest BCUT2D eigenvalue weighted by Crippen LogP contribution is -2.02. The van der Waals surface area contributed by atoms with Crippen molar-refractivity contribution < 1.29 is 0 Å². The van der Waals surface area contributed by atoms with Crippen LogP contribution in [0.25, 0.3) is 5.69 Å². The molecule has 16 heavy (non-hydrogen) atoms. The Morgan fingerprint density at radius 3 is 2.69 bits per heavy atom. The van der Waals surface area contributed by atoms with Crippen molar-refractivity contribution in [1.29, 1.82) is 0 Å². The maximum Gasteiger partial charge on any atom is 0.229 e. The van der Waals surface area contributed by atoms with Gasteiger partial charge < -0.3 is 0 Å². The molecule has 0 atom stereocenters. The third-order valence-corrected chi connectivity index (χ3v) is 2.90. The van der Waals surface area contributed by atoms with Gasteiger partial charge in [0, 0.05) is 11.4 Å². The Hall–Kier alpha value is -1.06. The molecule has 0 saturated carbocycles. The van der Waals surface area contributed by atoms with Crippen molar-refractivity contribution in [2.45, 2.75) is 20.3 Å². The van der Waals surface area contributed by atoms with Gasteiger partial charge >= 0.3 is 0 Å². The number of aryl methyl sites for hydroxylation is 2. The van der Waals surface area contributed by atoms with E-state index in [9.17, 15) is 0 Å². The molecule has 0 aliphatic carbocycles. The van der Waals surface area contributed by atoms with Crippen LogP contribution >= 0.6 is 23.2 Å². The van der Waals surface area contributed by atoms with Gasteiger partial charge in [-0.15, -0.1) is 10.2 Å². The van der Waals surface area contributed by atoms with Gasteiger partial charge in [-0.3, -0.25) is 4.57 Å². The topological polar surface area (TPSA) is 30.7 Å². The number of halogens is 2. The first-order chi connectivity index (χ1) is 7.63. The van der Waals surface area contributed by atoms with Crippen LogP contribution in [0.4, 0.5) is 0 Å². The lowest BCUT2D eigenvalue weighted by molar-refractivity contribution is 0.879. The van der Waals surface area contributed by atoms with Gasteiger partial charge in [0.05, 0.1) is 5.69 Å². The fraction of sp³-hybridized carbons (Fsp3) is 0.273. The second-order valence-corrected chi connectivity index (χ2v) is 4.28. The van der Waals surface area contributed by atoms with Crippen LogP contribution in [0.3, 0.4) is 0 Å². The highest BCUT2D eigenvalue weighted by Gasteiger charge is 2.12. The first kappa shape index (κ1) is 11.4. The zero-order valence-corrected chi connectivity index (χ0v) is 10.5. The molecule has 2 rings (SSSR count). The standard InChI is InChI=1S/C11H11Cl2N3/c1-3-10-14-15-11(13)16(10)9-6-8(12)5-4-7(9)2/h4-6H,3H2,1-2H3. The van der Waals surface area contributed by atoms with Gasteiger partial charge in [0.15, 0.2) is 0 Å². The van der Waals surface area contributed by atoms with E-state index in [4.69, 9.17) is 23.2 Å². The van der Waals surface area contributed by atoms with Crippen molar-refractivity contribution in [3.05, 3.63) is 39.9 Å². The van der Waals surface area contributed by atoms with E-state index in [1.807, 2.05) is 36.6 Å². The summed E-state index contributed by atoms with van der Waals surface area (Å²) in [6.07, 6.45) is 0.770. The molecule has 0 spiro atoms. The van der Waals surface area contributed by atoms with Crippen LogP contribution in [0.2, 0.25) is 10.3 Å². The van der Waals surface area contributed by atoms with Crippen LogP contribution in [0.5, 0.6) is 0 Å². The predicted octanol–water partition coefficient (Wildman–Crippen LogP) is 3.44. The summed E-state index contributed by atoms with van der Waals surface area (Å²) in [5.41, 5.74) is 2.01. The maximum atomic E-state index is 6.03. The molecule has 2 aromatic rings. The Morgan fingerprint density at radius 1 is 1.25 bits per heavy atom. The largest absolute Gasteiger partial charge is 0.269 e. The molecule has 0 aliphatic rings. The molecule has 1 aromatic carbocycles. The lowest BCUT2D eigenvalue weighted by Gasteiger charge is -2.10. The SMILES string of the molecule is CCc1nnc(Cl)n1-c1cc(Cl)ccc1C. The lowest BCUT2D eigenvalue weighted by atomic mass is 10.2. The van der Waals surface area contributed by atoms with E-state index in [0.29, 0.717) is 10.3 Å². The van der Waals surface area contributed by atoms with E-state index in [1.54, 1.807) is 0 Å². The monoisotopic (exact) mass is 255 g/mol. The second-order valence-electron chi connectivity index (χ2n) is 3.51. The van der Waals surface area contributed by atoms with E-state index >= 15 is 0 Å². The Kier molecular flexibility index (Phi) is 3.17. The van der Waals surface area contributed by atoms with Gasteiger partial charge in [0.2, 0.25) is 5.28 Å². The van der Waals surface area contributed by atoms with E-state index in [1.165, 1.54) is 0 Å². The van der Waals surface area contributed by atoms with Crippen LogP contribution in [0.1, 0.15) is 18.3 Å². The van der Waals surface area contributed by atoms with Crippen molar-refractivity contribution in [3.8, 4) is 5.69 Å². The molecule has 0 N–H and O–H groups in total. The zero-order chi connectivity index (χ0) is 11.7. The Bertz CT molecular complexity index is 520. The highest BCUT2D eigenvalue weighted by molar-refractivity contribution is 6.31. The molecule has 0 aliphatic heterocycles. The van der Waals surface area contributed by atoms with E-state index < -0.39 is 0 Å². The van der Waals surface area contributed by atoms with Gasteiger partial charge in [0.25, 0.3) is 0 Å². The average molecular weight is 256 g/mol. The average Bonchev–Trinajstić information content (AvgIpc) is 2.63. The molecular formula is C11H11Cl2N3. The van der Waals surface area contributed by atoms with Gasteiger partial charge in [-0.05, 0) is 36.2 Å². The van der Waals surface area contributed by atoms with Gasteiger partial charge in [-0.2, -0.15) is 0 Å². The first-order valence-corrected chi connectivity index (χ1v) is 5.75. The van der Waals surface area contributed by atoms with Crippen molar-refractivity contribution in [3.63, 3.8) is 0 Å². The molecular weight excluding hydrogens is 245 g/mol. The summed E-state index contributed by atoms with van der Waals surface area (Å²) < 4.78 is 1.82. The molecule has 1 aromatic heterocycles. The summed E-state index contributed by atoms with van der Waals surface area (Å²) in [5.74, 6) is 0.829. The molecule has 1 heterocycles. The quantitative estimate of drug-likeness (QED) is 0.823. The molecule has 0 bridgehead atoms. The smallest absolute Gasteiger partial charge is 0.229 e. The molecule has 5 heteroatoms. The summed E-state index contributed by atoms with van der Waals surface area (Å²) in [4.78, 5) is 0. The van der Waals surface area contributed by atoms with Gasteiger partial charge in [0.1, 0.15) is 5.82 Å². The highest BCUT2D eigenvalue weighted by Crippen LogP contribution is 2.23. The number of nitrogens with zero attached hydrogens (tertiary/aromatic N) is 3. The second kappa shape index (κ2) is 4.44. The Morgan fingerprint density at radius 2 is 2.00 bits per heavy atom. The van der Waals surface area contributed by atoms with Crippen LogP contribution < -0.4 is 0 Å². The number of aromatic nitrogens is 3. The van der Waals surface area contributed by atoms with Crippen LogP contribution in [-0.2, 0) is 6.42 Å². The van der Waals surface area contributed by atoms with Gasteiger partial charge in [-0.25, -0.2) is 0 Å². The van der Waals surface area contributed by atoms with Crippen molar-refractivity contribution in [1.82, 2.24) is 14.8 Å². The highest BCUT2D eigenvalue weighted by atomic mass is 35.5. The van der Waals surface area contributed by atoms with Crippen LogP contribution in [0.15, 0.2) is 18.2 Å². The van der Waals surface area contributed by atoms with E-state index in [0.717, 1.165) is 23.5 Å². The summed E-state index contributed by atoms with van der Waals surface area (Å²) in [6.45, 7) is 4.01. The minimum absolute atomic E-state index is 0.363. The summed E-state index contributed by atoms with van der Waals surface area (Å²) in [7, 11) is 0. The number of hydrogen-bond donors (Lipinski definition) is 0. The van der Waals surface area contributed by atoms with Crippen molar-refractivity contribution in [2.24, 2.45) is 0 Å². The normalized spacial score (nSPS) is 10.8. The third kappa shape index (κ3) is 1.93. The van der Waals surface area contributed by atoms with E-state index in [-0.39, 0.29) is 0 Å². The minimum Gasteiger partial charge on any atom is -0.269 e. The van der Waals surface area contributed by atoms with E-state index in [2.05, 4.69) is 10.2 Å². The molecule has 0 fully saturated rings. The predicted molar refractivity (Wildman–Crippen MR) is 65.5 cm³/mol. The number of hydrogen-bond acceptors (Lipinski definition) is 2. The third-order valence-electron chi connectivity index (χ3n) is 2.42. The van der Waals surface area contributed by atoms with Crippen molar-refractivity contribution in [2.75, 3.05) is 0 Å². The molecule has 0 saturated heterocycles. The van der Waals surface area contributed by atoms with Crippen molar-refractivity contribution >= 4 is 23.2 Å². The summed E-state index contributed by atoms with van der Waals surface area (Å²) in [6, 6.07) is 5.67. The fourth-order valence-corrected chi connectivity index (χ4v) is 1.98. The van der Waals surface area contributed by atoms with Gasteiger partial charge in [-0.1, -0.05) is 24.6 Å². The molecule has 0 unspecified atom stereocenters. The molecule has 84 valence electrons. The fourth-order valence-electron chi connectivity index (χ4n) is 1.59. The molecule has 0 amide bonds. The maximum absolute atomic E-state index is 6.03. The Labute approximate surface area is 104 Å². The van der Waals surface area contributed by atoms with Crippen LogP contribution in [0, 0.1) is 6.92 Å². The zero-order valence-electron chi connectivity index (χ0n) is 9.04. The number of benzene rings is 1. The molecule has 0 radical (unpaired) electrons. The summed E-state index contributed by atoms with van der Waals surface area (Å²) >= 11 is 12.0. The first-order valence-electron chi connectivity index (χ1n) is 4.99. The minimum atomic E-state index is 0.363. The molecule has 3 nitrogen and oxygen atoms in total. The van der Waals surface area contributed by atoms with Crippen LogP contribution in [-0.4, -0.2) is 14.8 Å². The summed E-state index contributed by atoms with van der Waals surface area (Å²) in [5, 5.41) is 8.93.